The molecule has 2 aliphatic heterocycles. The fraction of sp³-hybridized carbons (Fsp3) is 0.393. The van der Waals surface area contributed by atoms with Crippen molar-refractivity contribution in [2.75, 3.05) is 36.0 Å². The molecule has 0 unspecified atom stereocenters. The Kier molecular flexibility index (Phi) is 6.68. The number of nitrogens with zero attached hydrogens (tertiary/aromatic N) is 6. The first-order valence-corrected chi connectivity index (χ1v) is 14.0. The third-order valence-corrected chi connectivity index (χ3v) is 8.74. The van der Waals surface area contributed by atoms with Gasteiger partial charge in [0.1, 0.15) is 12.4 Å². The van der Waals surface area contributed by atoms with Gasteiger partial charge in [0.15, 0.2) is 5.13 Å². The van der Waals surface area contributed by atoms with Crippen LogP contribution in [0.1, 0.15) is 29.3 Å². The maximum atomic E-state index is 14.0. The van der Waals surface area contributed by atoms with Gasteiger partial charge in [-0.3, -0.25) is 9.48 Å². The number of piperazine rings is 1. The highest BCUT2D eigenvalue weighted by atomic mass is 32.1. The van der Waals surface area contributed by atoms with Crippen LogP contribution in [-0.2, 0) is 30.5 Å². The van der Waals surface area contributed by atoms with Gasteiger partial charge >= 0.3 is 6.18 Å². The zero-order valence-corrected chi connectivity index (χ0v) is 22.9. The van der Waals surface area contributed by atoms with E-state index in [1.807, 2.05) is 29.7 Å². The second kappa shape index (κ2) is 10.1. The van der Waals surface area contributed by atoms with Gasteiger partial charge in [0.05, 0.1) is 21.5 Å². The summed E-state index contributed by atoms with van der Waals surface area (Å²) in [5.41, 5.74) is 2.59. The molecule has 2 aromatic carbocycles. The summed E-state index contributed by atoms with van der Waals surface area (Å²) in [6, 6.07) is 8.87. The highest BCUT2D eigenvalue weighted by Gasteiger charge is 2.38. The quantitative estimate of drug-likeness (QED) is 0.313. The Labute approximate surface area is 232 Å². The monoisotopic (exact) mass is 572 g/mol. The molecule has 12 heteroatoms. The zero-order chi connectivity index (χ0) is 28.2. The molecule has 0 radical (unpaired) electrons. The van der Waals surface area contributed by atoms with Gasteiger partial charge in [-0.15, -0.1) is 0 Å². The number of halogens is 4. The van der Waals surface area contributed by atoms with E-state index in [9.17, 15) is 22.4 Å². The lowest BCUT2D eigenvalue weighted by Crippen LogP contribution is -2.55. The second-order valence-electron chi connectivity index (χ2n) is 10.4. The molecular weight excluding hydrogens is 544 g/mol. The molecule has 0 spiro atoms. The number of thiazole rings is 1. The number of carbonyl (C=O) groups is 1. The molecule has 1 atom stereocenters. The normalized spacial score (nSPS) is 17.9. The summed E-state index contributed by atoms with van der Waals surface area (Å²) in [7, 11) is 0. The van der Waals surface area contributed by atoms with Crippen molar-refractivity contribution in [3.05, 3.63) is 70.8 Å². The third-order valence-electron chi connectivity index (χ3n) is 7.66. The average Bonchev–Trinajstić information content (AvgIpc) is 3.52. The number of rotatable bonds is 4. The SMILES string of the molecule is Cc1ccn(CC(=O)N2CCN(c3ccc(C(F)(F)F)c4c3CN(c3nc5ccc(F)cc5s3)CC4)C[C@H]2C)n1. The van der Waals surface area contributed by atoms with Crippen LogP contribution in [0.4, 0.5) is 28.4 Å². The van der Waals surface area contributed by atoms with Crippen molar-refractivity contribution in [1.29, 1.82) is 0 Å². The lowest BCUT2D eigenvalue weighted by Gasteiger charge is -2.43. The van der Waals surface area contributed by atoms with Crippen LogP contribution in [0.2, 0.25) is 0 Å². The van der Waals surface area contributed by atoms with Crippen molar-refractivity contribution in [2.45, 2.75) is 45.6 Å². The lowest BCUT2D eigenvalue weighted by atomic mass is 9.91. The minimum absolute atomic E-state index is 0.0388. The van der Waals surface area contributed by atoms with E-state index in [0.29, 0.717) is 52.7 Å². The van der Waals surface area contributed by atoms with Crippen LogP contribution in [-0.4, -0.2) is 57.8 Å². The van der Waals surface area contributed by atoms with Crippen LogP contribution in [0, 0.1) is 12.7 Å². The van der Waals surface area contributed by atoms with Crippen LogP contribution in [0.3, 0.4) is 0 Å². The molecule has 4 heterocycles. The molecule has 0 saturated carbocycles. The van der Waals surface area contributed by atoms with Gasteiger partial charge < -0.3 is 14.7 Å². The van der Waals surface area contributed by atoms with E-state index in [4.69, 9.17) is 0 Å². The Hall–Kier alpha value is -3.67. The van der Waals surface area contributed by atoms with E-state index in [1.54, 1.807) is 23.0 Å². The summed E-state index contributed by atoms with van der Waals surface area (Å²) in [4.78, 5) is 23.5. The number of aromatic nitrogens is 3. The Balaban J connectivity index is 1.27. The summed E-state index contributed by atoms with van der Waals surface area (Å²) < 4.78 is 58.1. The number of carbonyl (C=O) groups excluding carboxylic acids is 1. The molecule has 1 amide bonds. The zero-order valence-electron chi connectivity index (χ0n) is 22.1. The molecule has 0 N–H and O–H groups in total. The van der Waals surface area contributed by atoms with Crippen molar-refractivity contribution in [3.8, 4) is 0 Å². The highest BCUT2D eigenvalue weighted by molar-refractivity contribution is 7.22. The Bertz CT molecular complexity index is 1580. The first kappa shape index (κ1) is 26.5. The Morgan fingerprint density at radius 3 is 2.62 bits per heavy atom. The van der Waals surface area contributed by atoms with E-state index in [-0.39, 0.29) is 37.3 Å². The fourth-order valence-electron chi connectivity index (χ4n) is 5.73. The number of alkyl halides is 3. The van der Waals surface area contributed by atoms with Crippen LogP contribution < -0.4 is 9.80 Å². The van der Waals surface area contributed by atoms with Crippen LogP contribution in [0.25, 0.3) is 10.2 Å². The van der Waals surface area contributed by atoms with Crippen molar-refractivity contribution >= 4 is 38.3 Å². The predicted octanol–water partition coefficient (Wildman–Crippen LogP) is 5.26. The van der Waals surface area contributed by atoms with Crippen molar-refractivity contribution < 1.29 is 22.4 Å². The molecular formula is C28H28F4N6OS. The first-order valence-electron chi connectivity index (χ1n) is 13.1. The topological polar surface area (TPSA) is 57.5 Å². The Morgan fingerprint density at radius 1 is 1.07 bits per heavy atom. The lowest BCUT2D eigenvalue weighted by molar-refractivity contribution is -0.138. The van der Waals surface area contributed by atoms with E-state index >= 15 is 0 Å². The van der Waals surface area contributed by atoms with E-state index < -0.39 is 11.7 Å². The van der Waals surface area contributed by atoms with E-state index in [1.165, 1.54) is 29.5 Å². The number of hydrogen-bond donors (Lipinski definition) is 0. The standard InChI is InChI=1S/C28H28F4N6OS/c1-17-7-10-37(34-17)16-26(39)38-12-11-35(14-18(38)2)24-6-4-22(28(30,31)32)20-8-9-36(15-21(20)24)27-33-23-5-3-19(29)13-25(23)40-27/h3-7,10,13,18H,8-9,11-12,14-16H2,1-2H3/t18-/m1/s1. The van der Waals surface area contributed by atoms with Crippen molar-refractivity contribution in [2.24, 2.45) is 0 Å². The summed E-state index contributed by atoms with van der Waals surface area (Å²) in [5.74, 6) is -0.390. The van der Waals surface area contributed by atoms with Gasteiger partial charge in [-0.1, -0.05) is 11.3 Å². The molecule has 7 nitrogen and oxygen atoms in total. The minimum atomic E-state index is -4.46. The summed E-state index contributed by atoms with van der Waals surface area (Å²) >= 11 is 1.34. The number of hydrogen-bond acceptors (Lipinski definition) is 6. The largest absolute Gasteiger partial charge is 0.416 e. The van der Waals surface area contributed by atoms with Crippen molar-refractivity contribution in [3.63, 3.8) is 0 Å². The maximum absolute atomic E-state index is 14.0. The van der Waals surface area contributed by atoms with Gasteiger partial charge in [-0.2, -0.15) is 18.3 Å². The van der Waals surface area contributed by atoms with Gasteiger partial charge in [0, 0.05) is 50.6 Å². The first-order chi connectivity index (χ1) is 19.1. The predicted molar refractivity (Wildman–Crippen MR) is 146 cm³/mol. The number of benzene rings is 2. The maximum Gasteiger partial charge on any atom is 0.416 e. The fourth-order valence-corrected chi connectivity index (χ4v) is 6.75. The average molecular weight is 573 g/mol. The minimum Gasteiger partial charge on any atom is -0.367 e. The summed E-state index contributed by atoms with van der Waals surface area (Å²) in [6.07, 6.45) is -2.46. The molecule has 6 rings (SSSR count). The second-order valence-corrected chi connectivity index (χ2v) is 11.4. The van der Waals surface area contributed by atoms with Gasteiger partial charge in [-0.05, 0) is 67.8 Å². The van der Waals surface area contributed by atoms with E-state index in [0.717, 1.165) is 11.4 Å². The van der Waals surface area contributed by atoms with Crippen LogP contribution in [0.15, 0.2) is 42.6 Å². The summed E-state index contributed by atoms with van der Waals surface area (Å²) in [5, 5.41) is 4.96. The van der Waals surface area contributed by atoms with Gasteiger partial charge in [0.2, 0.25) is 5.91 Å². The molecule has 0 bridgehead atoms. The number of amides is 1. The molecule has 2 aromatic heterocycles. The molecule has 210 valence electrons. The van der Waals surface area contributed by atoms with Gasteiger partial charge in [0.25, 0.3) is 0 Å². The molecule has 4 aromatic rings. The smallest absolute Gasteiger partial charge is 0.367 e. The van der Waals surface area contributed by atoms with E-state index in [2.05, 4.69) is 15.0 Å². The number of fused-ring (bicyclic) bond motifs is 2. The molecule has 40 heavy (non-hydrogen) atoms. The third kappa shape index (κ3) is 5.00. The molecule has 1 fully saturated rings. The van der Waals surface area contributed by atoms with Crippen LogP contribution in [0.5, 0.6) is 0 Å². The van der Waals surface area contributed by atoms with Gasteiger partial charge in [-0.25, -0.2) is 9.37 Å². The molecule has 0 aliphatic carbocycles. The number of aryl methyl sites for hydroxylation is 1. The highest BCUT2D eigenvalue weighted by Crippen LogP contribution is 2.41. The number of anilines is 2. The summed E-state index contributed by atoms with van der Waals surface area (Å²) in [6.45, 7) is 6.09. The molecule has 2 aliphatic rings. The Morgan fingerprint density at radius 2 is 1.90 bits per heavy atom. The molecule has 1 saturated heterocycles. The van der Waals surface area contributed by atoms with Crippen molar-refractivity contribution in [1.82, 2.24) is 19.7 Å². The van der Waals surface area contributed by atoms with Crippen LogP contribution >= 0.6 is 11.3 Å².